The fourth-order valence-electron chi connectivity index (χ4n) is 6.76. The Kier molecular flexibility index (Phi) is 11.6. The Morgan fingerprint density at radius 3 is 2.54 bits per heavy atom. The van der Waals surface area contributed by atoms with Gasteiger partial charge in [-0.3, -0.25) is 4.79 Å². The molecule has 11 nitrogen and oxygen atoms in total. The van der Waals surface area contributed by atoms with Crippen LogP contribution >= 0.6 is 0 Å². The number of nitrogens with one attached hydrogen (secondary N) is 2. The summed E-state index contributed by atoms with van der Waals surface area (Å²) in [5, 5.41) is 7.66. The first kappa shape index (κ1) is 34.1. The van der Waals surface area contributed by atoms with Crippen molar-refractivity contribution >= 4 is 32.7 Å². The van der Waals surface area contributed by atoms with Crippen molar-refractivity contribution in [3.05, 3.63) is 42.7 Å². The van der Waals surface area contributed by atoms with Crippen LogP contribution in [0.5, 0.6) is 5.75 Å². The number of likely N-dealkylation sites (N-methyl/N-ethyl adjacent to an activating group) is 1. The zero-order chi connectivity index (χ0) is 32.7. The fourth-order valence-corrected chi connectivity index (χ4v) is 7.40. The minimum Gasteiger partial charge on any atom is -0.493 e. The number of piperidine rings is 1. The highest BCUT2D eigenvalue weighted by Crippen LogP contribution is 2.30. The lowest BCUT2D eigenvalue weighted by Gasteiger charge is -2.41. The number of anilines is 1. The van der Waals surface area contributed by atoms with E-state index >= 15 is 0 Å². The average Bonchev–Trinajstić information content (AvgIpc) is 3.49. The molecule has 3 aromatic rings. The molecule has 0 radical (unpaired) electrons. The average molecular weight is 655 g/mol. The SMILES string of the molecule is CC[C@@H](C)[C@@H](NC)C(=O)OC1CCN(C2CCC(Nc3nccc(-n4ccc5c(OCCCS(C)(=O)=O)cccc54)n3)CC2)CC1. The third kappa shape index (κ3) is 8.77. The van der Waals surface area contributed by atoms with Gasteiger partial charge in [-0.1, -0.05) is 26.3 Å². The topological polar surface area (TPSA) is 128 Å². The zero-order valence-electron chi connectivity index (χ0n) is 27.7. The molecule has 1 saturated heterocycles. The van der Waals surface area contributed by atoms with E-state index in [1.807, 2.05) is 48.1 Å². The summed E-state index contributed by atoms with van der Waals surface area (Å²) < 4.78 is 36.7. The molecule has 2 aliphatic rings. The fraction of sp³-hybridized carbons (Fsp3) is 0.618. The van der Waals surface area contributed by atoms with Gasteiger partial charge in [-0.05, 0) is 82.2 Å². The Bertz CT molecular complexity index is 1550. The van der Waals surface area contributed by atoms with E-state index < -0.39 is 9.84 Å². The summed E-state index contributed by atoms with van der Waals surface area (Å²) in [6.07, 6.45) is 12.5. The Morgan fingerprint density at radius 2 is 1.85 bits per heavy atom. The Morgan fingerprint density at radius 1 is 1.09 bits per heavy atom. The lowest BCUT2D eigenvalue weighted by atomic mass is 9.89. The van der Waals surface area contributed by atoms with E-state index in [0.29, 0.717) is 31.1 Å². The van der Waals surface area contributed by atoms with Crippen LogP contribution in [0.4, 0.5) is 5.95 Å². The van der Waals surface area contributed by atoms with Crippen molar-refractivity contribution in [2.45, 2.75) is 89.4 Å². The van der Waals surface area contributed by atoms with Crippen LogP contribution in [0.25, 0.3) is 16.7 Å². The molecule has 252 valence electrons. The molecule has 0 unspecified atom stereocenters. The van der Waals surface area contributed by atoms with Gasteiger partial charge in [-0.25, -0.2) is 13.4 Å². The van der Waals surface area contributed by atoms with Crippen molar-refractivity contribution in [1.82, 2.24) is 24.8 Å². The number of esters is 1. The molecule has 2 N–H and O–H groups in total. The van der Waals surface area contributed by atoms with Gasteiger partial charge in [0, 0.05) is 49.2 Å². The largest absolute Gasteiger partial charge is 0.493 e. The minimum absolute atomic E-state index is 0.00885. The first-order valence-electron chi connectivity index (χ1n) is 16.8. The Labute approximate surface area is 273 Å². The number of rotatable bonds is 14. The van der Waals surface area contributed by atoms with Crippen molar-refractivity contribution in [1.29, 1.82) is 0 Å². The minimum atomic E-state index is -3.01. The second-order valence-electron chi connectivity index (χ2n) is 12.9. The first-order valence-corrected chi connectivity index (χ1v) is 18.8. The number of fused-ring (bicyclic) bond motifs is 1. The summed E-state index contributed by atoms with van der Waals surface area (Å²) in [6.45, 7) is 6.47. The highest BCUT2D eigenvalue weighted by atomic mass is 32.2. The zero-order valence-corrected chi connectivity index (χ0v) is 28.5. The molecule has 1 aliphatic carbocycles. The molecule has 2 atom stereocenters. The second kappa shape index (κ2) is 15.6. The predicted octanol–water partition coefficient (Wildman–Crippen LogP) is 4.60. The van der Waals surface area contributed by atoms with E-state index in [0.717, 1.165) is 80.5 Å². The number of hydrogen-bond acceptors (Lipinski definition) is 10. The molecule has 5 rings (SSSR count). The molecule has 3 heterocycles. The number of aromatic nitrogens is 3. The standard InChI is InChI=1S/C34H50N6O5S/c1-5-24(2)32(35-3)33(41)45-27-15-19-39(20-16-27)26-12-10-25(11-13-26)37-34-36-18-14-31(38-34)40-21-17-28-29(40)8-6-9-30(28)44-22-7-23-46(4,42)43/h6,8-9,14,17-18,21,24-27,32,35H,5,7,10-13,15-16,19-20,22-23H2,1-4H3,(H,36,37,38)/t24-,25?,26?,32-/m1/s1. The smallest absolute Gasteiger partial charge is 0.323 e. The summed E-state index contributed by atoms with van der Waals surface area (Å²) in [5.41, 5.74) is 0.960. The highest BCUT2D eigenvalue weighted by Gasteiger charge is 2.32. The van der Waals surface area contributed by atoms with Crippen LogP contribution in [-0.4, -0.2) is 96.8 Å². The van der Waals surface area contributed by atoms with Crippen LogP contribution in [0.1, 0.15) is 65.2 Å². The molecule has 0 spiro atoms. The van der Waals surface area contributed by atoms with Crippen molar-refractivity contribution in [3.8, 4) is 11.6 Å². The third-order valence-corrected chi connectivity index (χ3v) is 10.6. The maximum atomic E-state index is 12.7. The number of carbonyl (C=O) groups excluding carboxylic acids is 1. The molecular formula is C34H50N6O5S. The van der Waals surface area contributed by atoms with Gasteiger partial charge in [0.25, 0.3) is 0 Å². The number of benzene rings is 1. The van der Waals surface area contributed by atoms with E-state index in [9.17, 15) is 13.2 Å². The highest BCUT2D eigenvalue weighted by molar-refractivity contribution is 7.90. The van der Waals surface area contributed by atoms with E-state index in [4.69, 9.17) is 14.5 Å². The maximum Gasteiger partial charge on any atom is 0.323 e. The molecule has 1 saturated carbocycles. The third-order valence-electron chi connectivity index (χ3n) is 9.58. The van der Waals surface area contributed by atoms with Gasteiger partial charge in [0.15, 0.2) is 0 Å². The van der Waals surface area contributed by atoms with Crippen molar-refractivity contribution in [2.24, 2.45) is 5.92 Å². The number of sulfone groups is 1. The van der Waals surface area contributed by atoms with Crippen molar-refractivity contribution in [2.75, 3.05) is 44.1 Å². The van der Waals surface area contributed by atoms with E-state index in [1.165, 1.54) is 6.26 Å². The summed E-state index contributed by atoms with van der Waals surface area (Å²) in [7, 11) is -1.17. The van der Waals surface area contributed by atoms with Crippen LogP contribution in [0.3, 0.4) is 0 Å². The van der Waals surface area contributed by atoms with Gasteiger partial charge in [-0.15, -0.1) is 0 Å². The molecule has 12 heteroatoms. The van der Waals surface area contributed by atoms with Gasteiger partial charge in [-0.2, -0.15) is 4.98 Å². The summed E-state index contributed by atoms with van der Waals surface area (Å²) >= 11 is 0. The molecule has 46 heavy (non-hydrogen) atoms. The van der Waals surface area contributed by atoms with Gasteiger partial charge < -0.3 is 29.6 Å². The van der Waals surface area contributed by atoms with Crippen LogP contribution in [0.2, 0.25) is 0 Å². The summed E-state index contributed by atoms with van der Waals surface area (Å²) in [6, 6.07) is 10.4. The van der Waals surface area contributed by atoms with Crippen LogP contribution in [-0.2, 0) is 19.4 Å². The Balaban J connectivity index is 1.11. The van der Waals surface area contributed by atoms with Crippen molar-refractivity contribution < 1.29 is 22.7 Å². The quantitative estimate of drug-likeness (QED) is 0.188. The second-order valence-corrected chi connectivity index (χ2v) is 15.2. The summed E-state index contributed by atoms with van der Waals surface area (Å²) in [5.74, 6) is 2.36. The lowest BCUT2D eigenvalue weighted by Crippen LogP contribution is -2.48. The molecule has 0 amide bonds. The molecular weight excluding hydrogens is 604 g/mol. The van der Waals surface area contributed by atoms with Crippen molar-refractivity contribution in [3.63, 3.8) is 0 Å². The van der Waals surface area contributed by atoms with Gasteiger partial charge in [0.05, 0.1) is 17.9 Å². The van der Waals surface area contributed by atoms with Crippen LogP contribution in [0.15, 0.2) is 42.7 Å². The van der Waals surface area contributed by atoms with Gasteiger partial charge in [0.2, 0.25) is 5.95 Å². The lowest BCUT2D eigenvalue weighted by molar-refractivity contribution is -0.155. The molecule has 1 aromatic carbocycles. The number of carbonyl (C=O) groups is 1. The first-order chi connectivity index (χ1) is 22.1. The van der Waals surface area contributed by atoms with Crippen LogP contribution < -0.4 is 15.4 Å². The number of nitrogens with zero attached hydrogens (tertiary/aromatic N) is 4. The molecule has 2 aromatic heterocycles. The van der Waals surface area contributed by atoms with Crippen LogP contribution in [0, 0.1) is 5.92 Å². The van der Waals surface area contributed by atoms with E-state index in [-0.39, 0.29) is 29.8 Å². The number of hydrogen-bond donors (Lipinski definition) is 2. The normalized spacial score (nSPS) is 21.1. The Hall–Kier alpha value is -3.22. The van der Waals surface area contributed by atoms with E-state index in [2.05, 4.69) is 34.4 Å². The number of likely N-dealkylation sites (tertiary alicyclic amines) is 1. The monoisotopic (exact) mass is 654 g/mol. The number of ether oxygens (including phenoxy) is 2. The van der Waals surface area contributed by atoms with Gasteiger partial charge in [0.1, 0.15) is 33.6 Å². The van der Waals surface area contributed by atoms with Gasteiger partial charge >= 0.3 is 5.97 Å². The molecule has 1 aliphatic heterocycles. The predicted molar refractivity (Wildman–Crippen MR) is 181 cm³/mol. The summed E-state index contributed by atoms with van der Waals surface area (Å²) in [4.78, 5) is 24.7. The molecule has 2 fully saturated rings. The maximum absolute atomic E-state index is 12.7. The molecule has 0 bridgehead atoms. The van der Waals surface area contributed by atoms with E-state index in [1.54, 1.807) is 6.20 Å².